The minimum atomic E-state index is -1.88. The average molecular weight is 569 g/mol. The van der Waals surface area contributed by atoms with Crippen LogP contribution in [0.25, 0.3) is 0 Å². The Balaban J connectivity index is 1.27. The molecule has 226 valence electrons. The summed E-state index contributed by atoms with van der Waals surface area (Å²) in [5.74, 6) is 4.96. The maximum absolute atomic E-state index is 10.8. The Bertz CT molecular complexity index is 968. The molecule has 0 saturated heterocycles. The zero-order chi connectivity index (χ0) is 28.8. The Morgan fingerprint density at radius 2 is 1.65 bits per heavy atom. The molecule has 4 aliphatic carbocycles. The van der Waals surface area contributed by atoms with Crippen molar-refractivity contribution < 1.29 is 14.3 Å². The molecule has 1 aromatic rings. The van der Waals surface area contributed by atoms with Crippen LogP contribution in [0.1, 0.15) is 111 Å². The van der Waals surface area contributed by atoms with Gasteiger partial charge in [0.2, 0.25) is 0 Å². The van der Waals surface area contributed by atoms with Crippen LogP contribution in [0.15, 0.2) is 30.3 Å². The van der Waals surface area contributed by atoms with Gasteiger partial charge in [-0.2, -0.15) is 0 Å². The van der Waals surface area contributed by atoms with E-state index < -0.39 is 13.9 Å². The lowest BCUT2D eigenvalue weighted by atomic mass is 9.49. The lowest BCUT2D eigenvalue weighted by Crippen LogP contribution is -2.53. The van der Waals surface area contributed by atoms with E-state index in [2.05, 4.69) is 78.0 Å². The van der Waals surface area contributed by atoms with Crippen LogP contribution < -0.4 is 0 Å². The van der Waals surface area contributed by atoms with Gasteiger partial charge in [0, 0.05) is 12.7 Å². The molecule has 4 fully saturated rings. The summed E-state index contributed by atoms with van der Waals surface area (Å²) in [5, 5.41) is 11.0. The minimum Gasteiger partial charge on any atom is -0.414 e. The fraction of sp³-hybridized carbons (Fsp3) is 0.833. The first-order valence-corrected chi connectivity index (χ1v) is 19.7. The molecule has 0 aliphatic heterocycles. The van der Waals surface area contributed by atoms with E-state index in [-0.39, 0.29) is 5.04 Å². The molecule has 1 aromatic carbocycles. The molecule has 0 aromatic heterocycles. The highest BCUT2D eigenvalue weighted by atomic mass is 28.4. The van der Waals surface area contributed by atoms with Crippen LogP contribution in [0, 0.1) is 40.9 Å². The Kier molecular flexibility index (Phi) is 9.06. The van der Waals surface area contributed by atoms with Crippen LogP contribution in [0.3, 0.4) is 0 Å². The Labute approximate surface area is 247 Å². The van der Waals surface area contributed by atoms with Gasteiger partial charge in [-0.3, -0.25) is 0 Å². The van der Waals surface area contributed by atoms with Gasteiger partial charge in [-0.1, -0.05) is 58.0 Å². The Morgan fingerprint density at radius 1 is 0.925 bits per heavy atom. The Hall–Kier alpha value is -0.683. The fourth-order valence-corrected chi connectivity index (χ4v) is 11.2. The van der Waals surface area contributed by atoms with E-state index in [0.717, 1.165) is 61.9 Å². The molecular formula is C36H60O3Si. The molecule has 4 aliphatic rings. The van der Waals surface area contributed by atoms with Crippen molar-refractivity contribution in [2.45, 2.75) is 142 Å². The maximum Gasteiger partial charge on any atom is 0.192 e. The third kappa shape index (κ3) is 6.31. The molecule has 4 saturated carbocycles. The second kappa shape index (κ2) is 11.8. The fourth-order valence-electron chi connectivity index (χ4n) is 9.78. The third-order valence-electron chi connectivity index (χ3n) is 12.9. The van der Waals surface area contributed by atoms with Crippen LogP contribution in [0.2, 0.25) is 18.1 Å². The monoisotopic (exact) mass is 568 g/mol. The van der Waals surface area contributed by atoms with Gasteiger partial charge in [-0.05, 0) is 142 Å². The van der Waals surface area contributed by atoms with Crippen molar-refractivity contribution in [3.63, 3.8) is 0 Å². The summed E-state index contributed by atoms with van der Waals surface area (Å²) in [5.41, 5.74) is 1.25. The number of benzene rings is 1. The first-order valence-electron chi connectivity index (χ1n) is 16.8. The molecule has 40 heavy (non-hydrogen) atoms. The van der Waals surface area contributed by atoms with Gasteiger partial charge < -0.3 is 14.3 Å². The van der Waals surface area contributed by atoms with Crippen molar-refractivity contribution in [1.29, 1.82) is 0 Å². The topological polar surface area (TPSA) is 38.7 Å². The summed E-state index contributed by atoms with van der Waals surface area (Å²) in [6.45, 7) is 18.4. The molecule has 1 N–H and O–H groups in total. The zero-order valence-corrected chi connectivity index (χ0v) is 27.9. The van der Waals surface area contributed by atoms with E-state index in [9.17, 15) is 5.11 Å². The van der Waals surface area contributed by atoms with Crippen molar-refractivity contribution in [2.24, 2.45) is 40.9 Å². The average Bonchev–Trinajstić information content (AvgIpc) is 3.24. The lowest BCUT2D eigenvalue weighted by Gasteiger charge is -2.57. The SMILES string of the molecule is CC(C)(C)[Si](C)(C)OC(CCCOCc1ccccc1)[C@H]1CC[C@H]2[C@@H]3CC[C@@H]4C[C@](C)(O)CC[C@@H]4[C@H]3CC[C@]12C. The number of fused-ring (bicyclic) bond motifs is 5. The van der Waals surface area contributed by atoms with E-state index in [4.69, 9.17) is 9.16 Å². The van der Waals surface area contributed by atoms with Crippen molar-refractivity contribution >= 4 is 8.32 Å². The lowest BCUT2D eigenvalue weighted by molar-refractivity contribution is -0.107. The normalized spacial score (nSPS) is 38.8. The highest BCUT2D eigenvalue weighted by molar-refractivity contribution is 6.74. The third-order valence-corrected chi connectivity index (χ3v) is 17.4. The number of rotatable bonds is 9. The number of hydrogen-bond donors (Lipinski definition) is 1. The highest BCUT2D eigenvalue weighted by Crippen LogP contribution is 2.65. The molecule has 4 heteroatoms. The number of aliphatic hydroxyl groups is 1. The van der Waals surface area contributed by atoms with Crippen molar-refractivity contribution in [1.82, 2.24) is 0 Å². The van der Waals surface area contributed by atoms with E-state index in [1.54, 1.807) is 0 Å². The first kappa shape index (κ1) is 30.8. The van der Waals surface area contributed by atoms with E-state index >= 15 is 0 Å². The van der Waals surface area contributed by atoms with Crippen LogP contribution in [0.4, 0.5) is 0 Å². The van der Waals surface area contributed by atoms with Crippen LogP contribution in [-0.4, -0.2) is 31.7 Å². The molecular weight excluding hydrogens is 508 g/mol. The molecule has 0 bridgehead atoms. The molecule has 0 amide bonds. The van der Waals surface area contributed by atoms with Gasteiger partial charge in [0.05, 0.1) is 12.2 Å². The van der Waals surface area contributed by atoms with Gasteiger partial charge in [0.1, 0.15) is 0 Å². The smallest absolute Gasteiger partial charge is 0.192 e. The predicted molar refractivity (Wildman–Crippen MR) is 169 cm³/mol. The first-order chi connectivity index (χ1) is 18.8. The summed E-state index contributed by atoms with van der Waals surface area (Å²) in [7, 11) is -1.88. The number of ether oxygens (including phenoxy) is 1. The van der Waals surface area contributed by atoms with E-state index in [1.165, 1.54) is 50.5 Å². The Morgan fingerprint density at radius 3 is 2.38 bits per heavy atom. The quantitative estimate of drug-likeness (QED) is 0.238. The van der Waals surface area contributed by atoms with Gasteiger partial charge in [0.15, 0.2) is 8.32 Å². The summed E-state index contributed by atoms with van der Waals surface area (Å²) in [6.07, 6.45) is 14.2. The largest absolute Gasteiger partial charge is 0.414 e. The van der Waals surface area contributed by atoms with Crippen molar-refractivity contribution in [3.8, 4) is 0 Å². The molecule has 0 radical (unpaired) electrons. The van der Waals surface area contributed by atoms with Crippen molar-refractivity contribution in [2.75, 3.05) is 6.61 Å². The molecule has 5 rings (SSSR count). The molecule has 9 atom stereocenters. The second-order valence-electron chi connectivity index (χ2n) is 16.5. The minimum absolute atomic E-state index is 0.228. The van der Waals surface area contributed by atoms with Gasteiger partial charge >= 0.3 is 0 Å². The van der Waals surface area contributed by atoms with E-state index in [1.807, 2.05) is 0 Å². The second-order valence-corrected chi connectivity index (χ2v) is 21.3. The van der Waals surface area contributed by atoms with Gasteiger partial charge in [-0.15, -0.1) is 0 Å². The highest BCUT2D eigenvalue weighted by Gasteiger charge is 2.59. The van der Waals surface area contributed by atoms with Crippen LogP contribution in [0.5, 0.6) is 0 Å². The molecule has 3 nitrogen and oxygen atoms in total. The summed E-state index contributed by atoms with van der Waals surface area (Å²) in [4.78, 5) is 0. The molecule has 1 unspecified atom stereocenters. The van der Waals surface area contributed by atoms with Crippen LogP contribution >= 0.6 is 0 Å². The standard InChI is InChI=1S/C36H60O3Si/c1-34(2,3)40(6,7)39-33(14-11-23-38-25-26-12-9-8-10-13-26)32-18-17-31-30-16-15-27-24-35(4,37)21-19-28(27)29(30)20-22-36(31,32)5/h8-10,12-13,27-33,37H,11,14-25H2,1-7H3/t27-,28+,29-,30-,31+,32-,33?,35-,36+/m1/s1. The number of hydrogen-bond acceptors (Lipinski definition) is 3. The molecule has 0 spiro atoms. The van der Waals surface area contributed by atoms with Crippen molar-refractivity contribution in [3.05, 3.63) is 35.9 Å². The summed E-state index contributed by atoms with van der Waals surface area (Å²) >= 11 is 0. The van der Waals surface area contributed by atoms with Crippen LogP contribution in [-0.2, 0) is 15.8 Å². The van der Waals surface area contributed by atoms with Gasteiger partial charge in [0.25, 0.3) is 0 Å². The van der Waals surface area contributed by atoms with E-state index in [0.29, 0.717) is 24.0 Å². The maximum atomic E-state index is 10.8. The molecule has 0 heterocycles. The zero-order valence-electron chi connectivity index (χ0n) is 26.9. The predicted octanol–water partition coefficient (Wildman–Crippen LogP) is 9.39. The van der Waals surface area contributed by atoms with Gasteiger partial charge in [-0.25, -0.2) is 0 Å². The summed E-state index contributed by atoms with van der Waals surface area (Å²) in [6, 6.07) is 10.6. The summed E-state index contributed by atoms with van der Waals surface area (Å²) < 4.78 is 13.5.